The predicted molar refractivity (Wildman–Crippen MR) is 233 cm³/mol. The summed E-state index contributed by atoms with van der Waals surface area (Å²) in [6.07, 6.45) is 4.36. The number of fused-ring (bicyclic) bond motifs is 1. The highest BCUT2D eigenvalue weighted by molar-refractivity contribution is 5.89. The largest absolute Gasteiger partial charge is 0.311 e. The molecule has 2 nitrogen and oxygen atoms in total. The Morgan fingerprint density at radius 3 is 1.22 bits per heavy atom. The minimum Gasteiger partial charge on any atom is -0.311 e. The van der Waals surface area contributed by atoms with Gasteiger partial charge in [-0.05, 0) is 117 Å². The van der Waals surface area contributed by atoms with Crippen LogP contribution in [0.1, 0.15) is 37.5 Å². The summed E-state index contributed by atoms with van der Waals surface area (Å²) < 4.78 is 0. The Bertz CT molecular complexity index is 2440. The zero-order chi connectivity index (χ0) is 36.9. The van der Waals surface area contributed by atoms with Crippen molar-refractivity contribution in [3.8, 4) is 11.1 Å². The van der Waals surface area contributed by atoms with Crippen molar-refractivity contribution in [1.29, 1.82) is 0 Å². The van der Waals surface area contributed by atoms with Gasteiger partial charge >= 0.3 is 0 Å². The fourth-order valence-corrected chi connectivity index (χ4v) is 6.99. The Morgan fingerprint density at radius 2 is 0.704 bits per heavy atom. The first-order valence-electron chi connectivity index (χ1n) is 18.7. The molecule has 8 aromatic rings. The SMILES string of the molecule is CC(C)(C)c1ccc(N(c2ccc(-c3ccc(C=Cc4ccc(N(c5ccccc5)c5ccccc5)cc4)cc3)cc2)c2ccc3ccccc3c2)cc1. The first-order chi connectivity index (χ1) is 26.4. The summed E-state index contributed by atoms with van der Waals surface area (Å²) in [5, 5.41) is 2.47. The van der Waals surface area contributed by atoms with Crippen molar-refractivity contribution in [2.45, 2.75) is 26.2 Å². The number of nitrogens with zero attached hydrogens (tertiary/aromatic N) is 2. The minimum atomic E-state index is 0.0961. The molecule has 0 atom stereocenters. The van der Waals surface area contributed by atoms with Crippen LogP contribution in [0.3, 0.4) is 0 Å². The standard InChI is InChI=1S/C52H44N2/c1-52(2,3)45-29-36-50(37-30-45)54(51-35-28-41-12-10-11-13-44(41)38-51)49-33-26-43(27-34-49)42-24-20-39(21-25-42)18-19-40-22-31-48(32-23-40)53(46-14-6-4-7-15-46)47-16-8-5-9-17-47/h4-38H,1-3H3. The molecule has 0 unspecified atom stereocenters. The van der Waals surface area contributed by atoms with Crippen molar-refractivity contribution in [3.63, 3.8) is 0 Å². The second kappa shape index (κ2) is 15.1. The van der Waals surface area contributed by atoms with E-state index in [1.54, 1.807) is 0 Å². The van der Waals surface area contributed by atoms with Gasteiger partial charge in [-0.25, -0.2) is 0 Å². The Kier molecular flexibility index (Phi) is 9.66. The van der Waals surface area contributed by atoms with Gasteiger partial charge in [-0.2, -0.15) is 0 Å². The van der Waals surface area contributed by atoms with E-state index in [0.717, 1.165) is 45.3 Å². The highest BCUT2D eigenvalue weighted by Crippen LogP contribution is 2.38. The van der Waals surface area contributed by atoms with E-state index in [1.165, 1.54) is 27.5 Å². The molecule has 0 aliphatic carbocycles. The van der Waals surface area contributed by atoms with Crippen molar-refractivity contribution in [3.05, 3.63) is 217 Å². The van der Waals surface area contributed by atoms with Crippen LogP contribution in [0.5, 0.6) is 0 Å². The lowest BCUT2D eigenvalue weighted by Crippen LogP contribution is -2.13. The number of para-hydroxylation sites is 2. The lowest BCUT2D eigenvalue weighted by atomic mass is 9.87. The fraction of sp³-hybridized carbons (Fsp3) is 0.0769. The summed E-state index contributed by atoms with van der Waals surface area (Å²) in [5.74, 6) is 0. The second-order valence-electron chi connectivity index (χ2n) is 14.8. The van der Waals surface area contributed by atoms with Crippen molar-refractivity contribution >= 4 is 57.0 Å². The van der Waals surface area contributed by atoms with Crippen molar-refractivity contribution in [2.24, 2.45) is 0 Å². The first kappa shape index (κ1) is 34.4. The summed E-state index contributed by atoms with van der Waals surface area (Å²) in [6, 6.07) is 71.8. The van der Waals surface area contributed by atoms with Crippen LogP contribution in [0, 0.1) is 0 Å². The zero-order valence-electron chi connectivity index (χ0n) is 31.1. The smallest absolute Gasteiger partial charge is 0.0468 e. The van der Waals surface area contributed by atoms with Crippen molar-refractivity contribution in [2.75, 3.05) is 9.80 Å². The van der Waals surface area contributed by atoms with Gasteiger partial charge in [0.25, 0.3) is 0 Å². The maximum absolute atomic E-state index is 2.35. The molecular weight excluding hydrogens is 653 g/mol. The van der Waals surface area contributed by atoms with Crippen LogP contribution in [-0.4, -0.2) is 0 Å². The third-order valence-corrected chi connectivity index (χ3v) is 10.0. The van der Waals surface area contributed by atoms with Crippen LogP contribution in [0.4, 0.5) is 34.1 Å². The molecule has 2 heteroatoms. The lowest BCUT2D eigenvalue weighted by molar-refractivity contribution is 0.590. The molecule has 54 heavy (non-hydrogen) atoms. The summed E-state index contributed by atoms with van der Waals surface area (Å²) in [4.78, 5) is 4.63. The van der Waals surface area contributed by atoms with E-state index in [-0.39, 0.29) is 5.41 Å². The summed E-state index contributed by atoms with van der Waals surface area (Å²) in [6.45, 7) is 6.78. The van der Waals surface area contributed by atoms with E-state index >= 15 is 0 Å². The number of rotatable bonds is 9. The van der Waals surface area contributed by atoms with E-state index in [9.17, 15) is 0 Å². The lowest BCUT2D eigenvalue weighted by Gasteiger charge is -2.27. The van der Waals surface area contributed by atoms with Gasteiger partial charge < -0.3 is 9.80 Å². The molecule has 0 aromatic heterocycles. The van der Waals surface area contributed by atoms with E-state index in [2.05, 4.69) is 243 Å². The Labute approximate surface area is 319 Å². The highest BCUT2D eigenvalue weighted by atomic mass is 15.1. The molecule has 0 amide bonds. The van der Waals surface area contributed by atoms with Crippen molar-refractivity contribution < 1.29 is 0 Å². The number of hydrogen-bond acceptors (Lipinski definition) is 2. The molecule has 0 aliphatic heterocycles. The monoisotopic (exact) mass is 696 g/mol. The summed E-state index contributed by atoms with van der Waals surface area (Å²) >= 11 is 0. The Balaban J connectivity index is 1.01. The molecule has 0 heterocycles. The van der Waals surface area contributed by atoms with E-state index in [4.69, 9.17) is 0 Å². The first-order valence-corrected chi connectivity index (χ1v) is 18.7. The molecular formula is C52H44N2. The van der Waals surface area contributed by atoms with E-state index in [0.29, 0.717) is 0 Å². The molecule has 0 aliphatic rings. The van der Waals surface area contributed by atoms with Gasteiger partial charge in [0, 0.05) is 34.1 Å². The zero-order valence-corrected chi connectivity index (χ0v) is 31.1. The van der Waals surface area contributed by atoms with E-state index < -0.39 is 0 Å². The number of hydrogen-bond donors (Lipinski definition) is 0. The average molecular weight is 697 g/mol. The molecule has 0 saturated heterocycles. The second-order valence-corrected chi connectivity index (χ2v) is 14.8. The molecule has 0 N–H and O–H groups in total. The number of anilines is 6. The maximum atomic E-state index is 2.35. The van der Waals surface area contributed by atoms with Gasteiger partial charge in [0.2, 0.25) is 0 Å². The van der Waals surface area contributed by atoms with Gasteiger partial charge in [-0.15, -0.1) is 0 Å². The molecule has 0 fully saturated rings. The summed E-state index contributed by atoms with van der Waals surface area (Å²) in [7, 11) is 0. The van der Waals surface area contributed by atoms with Crippen molar-refractivity contribution in [1.82, 2.24) is 0 Å². The molecule has 0 bridgehead atoms. The van der Waals surface area contributed by atoms with Crippen LogP contribution < -0.4 is 9.80 Å². The fourth-order valence-electron chi connectivity index (χ4n) is 6.99. The predicted octanol–water partition coefficient (Wildman–Crippen LogP) is 14.9. The van der Waals surface area contributed by atoms with E-state index in [1.807, 2.05) is 0 Å². The van der Waals surface area contributed by atoms with Gasteiger partial charge in [-0.3, -0.25) is 0 Å². The molecule has 262 valence electrons. The Morgan fingerprint density at radius 1 is 0.333 bits per heavy atom. The van der Waals surface area contributed by atoms with Crippen LogP contribution in [0.2, 0.25) is 0 Å². The van der Waals surface area contributed by atoms with Crippen LogP contribution in [-0.2, 0) is 5.41 Å². The maximum Gasteiger partial charge on any atom is 0.0468 e. The van der Waals surface area contributed by atoms with Gasteiger partial charge in [0.05, 0.1) is 0 Å². The topological polar surface area (TPSA) is 6.48 Å². The molecule has 8 rings (SSSR count). The third-order valence-electron chi connectivity index (χ3n) is 10.0. The van der Waals surface area contributed by atoms with Crippen LogP contribution in [0.25, 0.3) is 34.1 Å². The molecule has 0 saturated carbocycles. The number of benzene rings is 8. The normalized spacial score (nSPS) is 11.5. The Hall–Kier alpha value is -6.64. The summed E-state index contributed by atoms with van der Waals surface area (Å²) in [5.41, 5.74) is 12.9. The highest BCUT2D eigenvalue weighted by Gasteiger charge is 2.17. The minimum absolute atomic E-state index is 0.0961. The molecule has 0 radical (unpaired) electrons. The molecule has 0 spiro atoms. The third kappa shape index (κ3) is 7.60. The quantitative estimate of drug-likeness (QED) is 0.139. The van der Waals surface area contributed by atoms with Crippen LogP contribution in [0.15, 0.2) is 200 Å². The average Bonchev–Trinajstić information content (AvgIpc) is 3.22. The van der Waals surface area contributed by atoms with Crippen LogP contribution >= 0.6 is 0 Å². The van der Waals surface area contributed by atoms with Gasteiger partial charge in [0.15, 0.2) is 0 Å². The van der Waals surface area contributed by atoms with Gasteiger partial charge in [0.1, 0.15) is 0 Å². The van der Waals surface area contributed by atoms with Gasteiger partial charge in [-0.1, -0.05) is 160 Å². The molecule has 8 aromatic carbocycles.